The summed E-state index contributed by atoms with van der Waals surface area (Å²) < 4.78 is 0. The summed E-state index contributed by atoms with van der Waals surface area (Å²) in [7, 11) is 0. The number of nitrogens with one attached hydrogen (secondary N) is 1. The summed E-state index contributed by atoms with van der Waals surface area (Å²) in [4.78, 5) is 17.6. The Balaban J connectivity index is 1.67. The number of anilines is 1. The van der Waals surface area contributed by atoms with Crippen molar-refractivity contribution in [3.05, 3.63) is 52.7 Å². The molecule has 0 saturated carbocycles. The van der Waals surface area contributed by atoms with Crippen LogP contribution in [0.4, 0.5) is 5.95 Å². The number of aromatic nitrogens is 4. The highest BCUT2D eigenvalue weighted by Gasteiger charge is 2.05. The molecule has 5 nitrogen and oxygen atoms in total. The number of hydrogen-bond acceptors (Lipinski definition) is 6. The number of pyridine rings is 1. The molecule has 112 valence electrons. The fourth-order valence-corrected chi connectivity index (χ4v) is 2.93. The molecule has 3 aromatic rings. The minimum Gasteiger partial charge on any atom is -0.349 e. The summed E-state index contributed by atoms with van der Waals surface area (Å²) in [6, 6.07) is 7.63. The normalized spacial score (nSPS) is 10.6. The number of aryl methyl sites for hydroxylation is 1. The lowest BCUT2D eigenvalue weighted by Crippen LogP contribution is -2.04. The third-order valence-corrected chi connectivity index (χ3v) is 4.03. The lowest BCUT2D eigenvalue weighted by Gasteiger charge is -2.04. The summed E-state index contributed by atoms with van der Waals surface area (Å²) in [5, 5.41) is 6.49. The number of thiazole rings is 1. The summed E-state index contributed by atoms with van der Waals surface area (Å²) in [5.74, 6) is 0.591. The Kier molecular flexibility index (Phi) is 4.70. The SMILES string of the molecule is CCCc1nc(CNc2nccc(-c3ccccn3)n2)cs1. The first-order valence-electron chi connectivity index (χ1n) is 7.26. The van der Waals surface area contributed by atoms with Gasteiger partial charge >= 0.3 is 0 Å². The molecule has 6 heteroatoms. The molecule has 0 unspecified atom stereocenters. The number of hydrogen-bond donors (Lipinski definition) is 1. The van der Waals surface area contributed by atoms with E-state index in [1.54, 1.807) is 23.7 Å². The van der Waals surface area contributed by atoms with Crippen LogP contribution in [0, 0.1) is 0 Å². The first kappa shape index (κ1) is 14.6. The molecule has 0 atom stereocenters. The average Bonchev–Trinajstić information content (AvgIpc) is 3.02. The maximum Gasteiger partial charge on any atom is 0.223 e. The van der Waals surface area contributed by atoms with Crippen LogP contribution >= 0.6 is 11.3 Å². The number of rotatable bonds is 6. The van der Waals surface area contributed by atoms with Gasteiger partial charge in [-0.3, -0.25) is 4.98 Å². The molecule has 3 heterocycles. The van der Waals surface area contributed by atoms with Gasteiger partial charge in [0.25, 0.3) is 0 Å². The molecule has 0 fully saturated rings. The van der Waals surface area contributed by atoms with Gasteiger partial charge in [-0.1, -0.05) is 13.0 Å². The maximum absolute atomic E-state index is 4.58. The van der Waals surface area contributed by atoms with Gasteiger partial charge in [0.2, 0.25) is 5.95 Å². The van der Waals surface area contributed by atoms with E-state index in [0.29, 0.717) is 12.5 Å². The van der Waals surface area contributed by atoms with Crippen molar-refractivity contribution < 1.29 is 0 Å². The second-order valence-electron chi connectivity index (χ2n) is 4.82. The Bertz CT molecular complexity index is 726. The van der Waals surface area contributed by atoms with Crippen LogP contribution in [0.25, 0.3) is 11.4 Å². The minimum absolute atomic E-state index is 0.591. The van der Waals surface area contributed by atoms with E-state index in [0.717, 1.165) is 29.9 Å². The van der Waals surface area contributed by atoms with Crippen LogP contribution < -0.4 is 5.32 Å². The largest absolute Gasteiger partial charge is 0.349 e. The zero-order chi connectivity index (χ0) is 15.2. The van der Waals surface area contributed by atoms with Crippen molar-refractivity contribution in [1.29, 1.82) is 0 Å². The van der Waals surface area contributed by atoms with Crippen molar-refractivity contribution in [2.45, 2.75) is 26.3 Å². The van der Waals surface area contributed by atoms with E-state index in [1.165, 1.54) is 5.01 Å². The molecule has 0 amide bonds. The number of nitrogens with zero attached hydrogens (tertiary/aromatic N) is 4. The predicted octanol–water partition coefficient (Wildman–Crippen LogP) is 3.56. The van der Waals surface area contributed by atoms with Gasteiger partial charge in [0.1, 0.15) is 0 Å². The van der Waals surface area contributed by atoms with Crippen LogP contribution in [-0.4, -0.2) is 19.9 Å². The predicted molar refractivity (Wildman–Crippen MR) is 88.7 cm³/mol. The minimum atomic E-state index is 0.591. The molecule has 0 bridgehead atoms. The van der Waals surface area contributed by atoms with Crippen molar-refractivity contribution in [2.24, 2.45) is 0 Å². The molecule has 0 aromatic carbocycles. The second-order valence-corrected chi connectivity index (χ2v) is 5.76. The molecular formula is C16H17N5S. The van der Waals surface area contributed by atoms with E-state index < -0.39 is 0 Å². The fourth-order valence-electron chi connectivity index (χ4n) is 2.03. The summed E-state index contributed by atoms with van der Waals surface area (Å²) in [5.41, 5.74) is 2.68. The van der Waals surface area contributed by atoms with E-state index in [9.17, 15) is 0 Å². The Morgan fingerprint density at radius 2 is 2.00 bits per heavy atom. The van der Waals surface area contributed by atoms with E-state index in [1.807, 2.05) is 24.3 Å². The molecule has 0 radical (unpaired) electrons. The van der Waals surface area contributed by atoms with Gasteiger partial charge in [0, 0.05) is 17.8 Å². The van der Waals surface area contributed by atoms with Gasteiger partial charge < -0.3 is 5.32 Å². The van der Waals surface area contributed by atoms with Gasteiger partial charge in [-0.05, 0) is 31.0 Å². The molecule has 3 aromatic heterocycles. The second kappa shape index (κ2) is 7.09. The van der Waals surface area contributed by atoms with Gasteiger partial charge in [-0.15, -0.1) is 11.3 Å². The smallest absolute Gasteiger partial charge is 0.223 e. The van der Waals surface area contributed by atoms with Crippen molar-refractivity contribution in [1.82, 2.24) is 19.9 Å². The standard InChI is InChI=1S/C16H17N5S/c1-2-5-15-20-12(11-22-15)10-19-16-18-9-7-14(21-16)13-6-3-4-8-17-13/h3-4,6-9,11H,2,5,10H2,1H3,(H,18,19,21). The monoisotopic (exact) mass is 311 g/mol. The molecular weight excluding hydrogens is 294 g/mol. The quantitative estimate of drug-likeness (QED) is 0.754. The van der Waals surface area contributed by atoms with Gasteiger partial charge in [0.15, 0.2) is 0 Å². The molecule has 0 aliphatic carbocycles. The molecule has 0 spiro atoms. The summed E-state index contributed by atoms with van der Waals surface area (Å²) in [6.45, 7) is 2.79. The van der Waals surface area contributed by atoms with Gasteiger partial charge in [-0.25, -0.2) is 15.0 Å². The van der Waals surface area contributed by atoms with E-state index in [-0.39, 0.29) is 0 Å². The lowest BCUT2D eigenvalue weighted by molar-refractivity contribution is 0.893. The van der Waals surface area contributed by atoms with E-state index in [4.69, 9.17) is 0 Å². The van der Waals surface area contributed by atoms with Crippen LogP contribution in [0.5, 0.6) is 0 Å². The van der Waals surface area contributed by atoms with Crippen LogP contribution in [-0.2, 0) is 13.0 Å². The molecule has 1 N–H and O–H groups in total. The zero-order valence-corrected chi connectivity index (χ0v) is 13.2. The summed E-state index contributed by atoms with van der Waals surface area (Å²) in [6.07, 6.45) is 5.66. The Morgan fingerprint density at radius 1 is 1.05 bits per heavy atom. The van der Waals surface area contributed by atoms with Crippen molar-refractivity contribution >= 4 is 17.3 Å². The highest BCUT2D eigenvalue weighted by molar-refractivity contribution is 7.09. The van der Waals surface area contributed by atoms with Crippen LogP contribution in [0.15, 0.2) is 42.0 Å². The van der Waals surface area contributed by atoms with Crippen molar-refractivity contribution in [2.75, 3.05) is 5.32 Å². The summed E-state index contributed by atoms with van der Waals surface area (Å²) >= 11 is 1.71. The highest BCUT2D eigenvalue weighted by atomic mass is 32.1. The van der Waals surface area contributed by atoms with Gasteiger partial charge in [0.05, 0.1) is 28.6 Å². The molecule has 0 saturated heterocycles. The van der Waals surface area contributed by atoms with Gasteiger partial charge in [-0.2, -0.15) is 0 Å². The lowest BCUT2D eigenvalue weighted by atomic mass is 10.3. The third-order valence-electron chi connectivity index (χ3n) is 3.07. The first-order chi connectivity index (χ1) is 10.8. The van der Waals surface area contributed by atoms with E-state index >= 15 is 0 Å². The fraction of sp³-hybridized carbons (Fsp3) is 0.250. The Morgan fingerprint density at radius 3 is 2.82 bits per heavy atom. The third kappa shape index (κ3) is 3.65. The van der Waals surface area contributed by atoms with E-state index in [2.05, 4.69) is 37.6 Å². The first-order valence-corrected chi connectivity index (χ1v) is 8.14. The van der Waals surface area contributed by atoms with Crippen molar-refractivity contribution in [3.63, 3.8) is 0 Å². The average molecular weight is 311 g/mol. The van der Waals surface area contributed by atoms with Crippen LogP contribution in [0.1, 0.15) is 24.0 Å². The zero-order valence-electron chi connectivity index (χ0n) is 12.4. The molecule has 22 heavy (non-hydrogen) atoms. The molecule has 3 rings (SSSR count). The van der Waals surface area contributed by atoms with Crippen LogP contribution in [0.3, 0.4) is 0 Å². The maximum atomic E-state index is 4.58. The van der Waals surface area contributed by atoms with Crippen LogP contribution in [0.2, 0.25) is 0 Å². The Labute approximate surface area is 133 Å². The molecule has 0 aliphatic rings. The topological polar surface area (TPSA) is 63.6 Å². The highest BCUT2D eigenvalue weighted by Crippen LogP contribution is 2.15. The Hall–Kier alpha value is -2.34. The molecule has 0 aliphatic heterocycles. The van der Waals surface area contributed by atoms with Crippen molar-refractivity contribution in [3.8, 4) is 11.4 Å².